The Hall–Kier alpha value is -1.39. The molecule has 21 heavy (non-hydrogen) atoms. The van der Waals surface area contributed by atoms with Crippen LogP contribution in [0.1, 0.15) is 51.0 Å². The van der Waals surface area contributed by atoms with Crippen LogP contribution in [0.25, 0.3) is 0 Å². The summed E-state index contributed by atoms with van der Waals surface area (Å²) in [6.07, 6.45) is 6.45. The lowest BCUT2D eigenvalue weighted by atomic mass is 9.94. The number of hydrogen-bond acceptors (Lipinski definition) is 3. The Balaban J connectivity index is 1.89. The average Bonchev–Trinajstić information content (AvgIpc) is 2.65. The molecule has 0 heterocycles. The fourth-order valence-corrected chi connectivity index (χ4v) is 2.98. The fraction of sp³-hybridized carbons (Fsp3) is 0.588. The summed E-state index contributed by atoms with van der Waals surface area (Å²) in [5.74, 6) is -0.0650. The van der Waals surface area contributed by atoms with Crippen LogP contribution in [0.15, 0.2) is 24.3 Å². The predicted octanol–water partition coefficient (Wildman–Crippen LogP) is 2.82. The maximum Gasteiger partial charge on any atom is 0.221 e. The smallest absolute Gasteiger partial charge is 0.221 e. The lowest BCUT2D eigenvalue weighted by Gasteiger charge is -2.27. The van der Waals surface area contributed by atoms with Crippen molar-refractivity contribution in [3.05, 3.63) is 29.8 Å². The quantitative estimate of drug-likeness (QED) is 0.731. The molecule has 0 radical (unpaired) electrons. The van der Waals surface area contributed by atoms with Crippen molar-refractivity contribution in [2.75, 3.05) is 11.9 Å². The van der Waals surface area contributed by atoms with E-state index in [1.54, 1.807) is 0 Å². The Bertz CT molecular complexity index is 466. The molecule has 1 aliphatic carbocycles. The van der Waals surface area contributed by atoms with Crippen LogP contribution >= 0.6 is 0 Å². The maximum absolute atomic E-state index is 11.2. The van der Waals surface area contributed by atoms with Gasteiger partial charge in [-0.3, -0.25) is 4.79 Å². The number of amides is 1. The molecule has 0 spiro atoms. The number of hydrogen-bond donors (Lipinski definition) is 3. The Morgan fingerprint density at radius 1 is 1.19 bits per heavy atom. The van der Waals surface area contributed by atoms with Gasteiger partial charge in [0, 0.05) is 25.7 Å². The van der Waals surface area contributed by atoms with Gasteiger partial charge in [0.1, 0.15) is 0 Å². The first-order chi connectivity index (χ1) is 10.1. The second kappa shape index (κ2) is 7.57. The molecule has 0 unspecified atom stereocenters. The molecule has 1 aromatic carbocycles. The standard InChI is InChI=1S/C17H26N2O2/c1-14(20)19-16-9-5-4-8-15(16)12-18-13-17(21)10-6-2-3-7-11-17/h4-5,8-9,18,21H,2-3,6-7,10-13H2,1H3,(H,19,20). The van der Waals surface area contributed by atoms with Crippen molar-refractivity contribution in [3.8, 4) is 0 Å². The summed E-state index contributed by atoms with van der Waals surface area (Å²) in [6.45, 7) is 2.78. The fourth-order valence-electron chi connectivity index (χ4n) is 2.98. The highest BCUT2D eigenvalue weighted by Gasteiger charge is 2.27. The van der Waals surface area contributed by atoms with E-state index in [2.05, 4.69) is 10.6 Å². The largest absolute Gasteiger partial charge is 0.389 e. The van der Waals surface area contributed by atoms with Crippen LogP contribution in [0, 0.1) is 0 Å². The first-order valence-electron chi connectivity index (χ1n) is 7.88. The zero-order chi connectivity index (χ0) is 15.1. The van der Waals surface area contributed by atoms with Crippen LogP contribution in [0.3, 0.4) is 0 Å². The first kappa shape index (κ1) is 16.0. The molecular weight excluding hydrogens is 264 g/mol. The minimum absolute atomic E-state index is 0.0650. The predicted molar refractivity (Wildman–Crippen MR) is 85.1 cm³/mol. The number of rotatable bonds is 5. The normalized spacial score (nSPS) is 18.0. The highest BCUT2D eigenvalue weighted by molar-refractivity contribution is 5.89. The van der Waals surface area contributed by atoms with E-state index in [9.17, 15) is 9.90 Å². The number of carbonyl (C=O) groups excluding carboxylic acids is 1. The van der Waals surface area contributed by atoms with Crippen molar-refractivity contribution >= 4 is 11.6 Å². The van der Waals surface area contributed by atoms with Crippen LogP contribution in [0.4, 0.5) is 5.69 Å². The molecule has 3 N–H and O–H groups in total. The minimum atomic E-state index is -0.570. The van der Waals surface area contributed by atoms with Crippen molar-refractivity contribution in [2.45, 2.75) is 57.6 Å². The van der Waals surface area contributed by atoms with Crippen LogP contribution < -0.4 is 10.6 Å². The average molecular weight is 290 g/mol. The molecule has 0 aliphatic heterocycles. The highest BCUT2D eigenvalue weighted by Crippen LogP contribution is 2.26. The molecule has 0 atom stereocenters. The molecule has 4 heteroatoms. The zero-order valence-electron chi connectivity index (χ0n) is 12.8. The van der Waals surface area contributed by atoms with E-state index < -0.39 is 5.60 Å². The summed E-state index contributed by atoms with van der Waals surface area (Å²) in [7, 11) is 0. The summed E-state index contributed by atoms with van der Waals surface area (Å²) < 4.78 is 0. The van der Waals surface area contributed by atoms with E-state index in [1.807, 2.05) is 24.3 Å². The molecular formula is C17H26N2O2. The number of aliphatic hydroxyl groups is 1. The summed E-state index contributed by atoms with van der Waals surface area (Å²) in [6, 6.07) is 7.77. The molecule has 116 valence electrons. The maximum atomic E-state index is 11.2. The van der Waals surface area contributed by atoms with Crippen molar-refractivity contribution in [2.24, 2.45) is 0 Å². The van der Waals surface area contributed by atoms with Gasteiger partial charge in [0.25, 0.3) is 0 Å². The number of anilines is 1. The van der Waals surface area contributed by atoms with E-state index in [1.165, 1.54) is 19.8 Å². The number of para-hydroxylation sites is 1. The molecule has 1 fully saturated rings. The van der Waals surface area contributed by atoms with Gasteiger partial charge in [-0.05, 0) is 24.5 Å². The van der Waals surface area contributed by atoms with Gasteiger partial charge in [-0.25, -0.2) is 0 Å². The van der Waals surface area contributed by atoms with Crippen molar-refractivity contribution in [3.63, 3.8) is 0 Å². The summed E-state index contributed by atoms with van der Waals surface area (Å²) >= 11 is 0. The lowest BCUT2D eigenvalue weighted by molar-refractivity contribution is -0.114. The van der Waals surface area contributed by atoms with Crippen LogP contribution in [0.2, 0.25) is 0 Å². The third-order valence-corrected chi connectivity index (χ3v) is 4.13. The van der Waals surface area contributed by atoms with Crippen LogP contribution in [-0.4, -0.2) is 23.2 Å². The van der Waals surface area contributed by atoms with Crippen molar-refractivity contribution in [1.29, 1.82) is 0 Å². The van der Waals surface area contributed by atoms with Crippen LogP contribution in [-0.2, 0) is 11.3 Å². The second-order valence-electron chi connectivity index (χ2n) is 6.08. The van der Waals surface area contributed by atoms with E-state index in [0.29, 0.717) is 13.1 Å². The van der Waals surface area contributed by atoms with Crippen molar-refractivity contribution < 1.29 is 9.90 Å². The molecule has 1 aliphatic rings. The van der Waals surface area contributed by atoms with Gasteiger partial charge in [-0.2, -0.15) is 0 Å². The SMILES string of the molecule is CC(=O)Nc1ccccc1CNCC1(O)CCCCCC1. The molecule has 1 amide bonds. The van der Waals surface area contributed by atoms with E-state index in [-0.39, 0.29) is 5.91 Å². The van der Waals surface area contributed by atoms with Gasteiger partial charge in [0.15, 0.2) is 0 Å². The Kier molecular flexibility index (Phi) is 5.76. The van der Waals surface area contributed by atoms with Gasteiger partial charge >= 0.3 is 0 Å². The number of benzene rings is 1. The van der Waals surface area contributed by atoms with Gasteiger partial charge in [0.05, 0.1) is 5.60 Å². The van der Waals surface area contributed by atoms with Crippen LogP contribution in [0.5, 0.6) is 0 Å². The molecule has 4 nitrogen and oxygen atoms in total. The van der Waals surface area contributed by atoms with Gasteiger partial charge < -0.3 is 15.7 Å². The van der Waals surface area contributed by atoms with Gasteiger partial charge in [0.2, 0.25) is 5.91 Å². The third kappa shape index (κ3) is 5.14. The second-order valence-corrected chi connectivity index (χ2v) is 6.08. The Labute approximate surface area is 126 Å². The molecule has 0 aromatic heterocycles. The Morgan fingerprint density at radius 3 is 2.52 bits per heavy atom. The molecule has 0 saturated heterocycles. The summed E-state index contributed by atoms with van der Waals surface area (Å²) in [5.41, 5.74) is 1.31. The number of carbonyl (C=O) groups is 1. The van der Waals surface area contributed by atoms with E-state index in [4.69, 9.17) is 0 Å². The van der Waals surface area contributed by atoms with Gasteiger partial charge in [-0.1, -0.05) is 43.9 Å². The Morgan fingerprint density at radius 2 is 1.86 bits per heavy atom. The zero-order valence-corrected chi connectivity index (χ0v) is 12.8. The lowest BCUT2D eigenvalue weighted by Crippen LogP contribution is -2.40. The van der Waals surface area contributed by atoms with E-state index >= 15 is 0 Å². The third-order valence-electron chi connectivity index (χ3n) is 4.13. The van der Waals surface area contributed by atoms with Gasteiger partial charge in [-0.15, -0.1) is 0 Å². The molecule has 2 rings (SSSR count). The molecule has 0 bridgehead atoms. The summed E-state index contributed by atoms with van der Waals surface area (Å²) in [4.78, 5) is 11.2. The molecule has 1 aromatic rings. The molecule has 1 saturated carbocycles. The monoisotopic (exact) mass is 290 g/mol. The highest BCUT2D eigenvalue weighted by atomic mass is 16.3. The van der Waals surface area contributed by atoms with Crippen molar-refractivity contribution in [1.82, 2.24) is 5.32 Å². The summed E-state index contributed by atoms with van der Waals surface area (Å²) in [5, 5.41) is 16.8. The first-order valence-corrected chi connectivity index (χ1v) is 7.88. The number of nitrogens with one attached hydrogen (secondary N) is 2. The topological polar surface area (TPSA) is 61.4 Å². The minimum Gasteiger partial charge on any atom is -0.389 e. The van der Waals surface area contributed by atoms with E-state index in [0.717, 1.165) is 36.9 Å².